The van der Waals surface area contributed by atoms with E-state index in [-0.39, 0.29) is 12.1 Å². The normalized spacial score (nSPS) is 11.2. The van der Waals surface area contributed by atoms with Gasteiger partial charge in [-0.05, 0) is 30.2 Å². The molecule has 4 aromatic rings. The van der Waals surface area contributed by atoms with Gasteiger partial charge >= 0.3 is 0 Å². The van der Waals surface area contributed by atoms with Gasteiger partial charge in [0.25, 0.3) is 5.56 Å². The lowest BCUT2D eigenvalue weighted by Gasteiger charge is -2.07. The van der Waals surface area contributed by atoms with E-state index in [1.807, 2.05) is 25.1 Å². The van der Waals surface area contributed by atoms with Gasteiger partial charge in [-0.15, -0.1) is 0 Å². The average Bonchev–Trinajstić information content (AvgIpc) is 3.12. The Labute approximate surface area is 156 Å². The van der Waals surface area contributed by atoms with Gasteiger partial charge in [-0.25, -0.2) is 9.97 Å². The minimum Gasteiger partial charge on any atom is -0.447 e. The molecule has 0 unspecified atom stereocenters. The molecule has 0 bridgehead atoms. The summed E-state index contributed by atoms with van der Waals surface area (Å²) in [5.41, 5.74) is 4.48. The minimum absolute atomic E-state index is 0.125. The Kier molecular flexibility index (Phi) is 4.56. The largest absolute Gasteiger partial charge is 0.447 e. The van der Waals surface area contributed by atoms with Crippen molar-refractivity contribution in [3.05, 3.63) is 82.6 Å². The summed E-state index contributed by atoms with van der Waals surface area (Å²) in [6.45, 7) is 2.64. The molecule has 2 heterocycles. The first-order valence-electron chi connectivity index (χ1n) is 8.62. The minimum atomic E-state index is -0.125. The number of benzene rings is 2. The van der Waals surface area contributed by atoms with Gasteiger partial charge in [0, 0.05) is 7.11 Å². The second-order valence-corrected chi connectivity index (χ2v) is 6.44. The van der Waals surface area contributed by atoms with E-state index in [1.54, 1.807) is 7.11 Å². The number of oxazole rings is 1. The molecule has 0 spiro atoms. The molecule has 2 aromatic carbocycles. The fourth-order valence-corrected chi connectivity index (χ4v) is 2.98. The van der Waals surface area contributed by atoms with Crippen LogP contribution < -0.4 is 5.56 Å². The van der Waals surface area contributed by atoms with Crippen LogP contribution in [-0.2, 0) is 17.9 Å². The Morgan fingerprint density at radius 3 is 2.67 bits per heavy atom. The first-order valence-corrected chi connectivity index (χ1v) is 8.62. The number of ether oxygens (including phenoxy) is 1. The van der Waals surface area contributed by atoms with Crippen LogP contribution in [0.5, 0.6) is 0 Å². The van der Waals surface area contributed by atoms with Crippen LogP contribution in [0.4, 0.5) is 0 Å². The summed E-state index contributed by atoms with van der Waals surface area (Å²) in [4.78, 5) is 21.6. The zero-order valence-corrected chi connectivity index (χ0v) is 15.2. The molecule has 0 aliphatic heterocycles. The number of hydrogen-bond donors (Lipinski definition) is 0. The summed E-state index contributed by atoms with van der Waals surface area (Å²) >= 11 is 0. The van der Waals surface area contributed by atoms with Gasteiger partial charge in [0.1, 0.15) is 18.5 Å². The van der Waals surface area contributed by atoms with E-state index in [2.05, 4.69) is 34.2 Å². The van der Waals surface area contributed by atoms with E-state index in [0.29, 0.717) is 29.1 Å². The first kappa shape index (κ1) is 17.2. The molecule has 4 rings (SSSR count). The van der Waals surface area contributed by atoms with Crippen LogP contribution in [0.2, 0.25) is 0 Å². The van der Waals surface area contributed by atoms with Gasteiger partial charge in [-0.1, -0.05) is 35.9 Å². The summed E-state index contributed by atoms with van der Waals surface area (Å²) in [7, 11) is 1.59. The average molecular weight is 361 g/mol. The topological polar surface area (TPSA) is 70.2 Å². The van der Waals surface area contributed by atoms with Gasteiger partial charge in [0.05, 0.1) is 23.8 Å². The van der Waals surface area contributed by atoms with Crippen LogP contribution in [0.3, 0.4) is 0 Å². The third-order valence-electron chi connectivity index (χ3n) is 4.41. The van der Waals surface area contributed by atoms with Crippen molar-refractivity contribution in [3.8, 4) is 11.1 Å². The van der Waals surface area contributed by atoms with E-state index in [0.717, 1.165) is 11.1 Å². The van der Waals surface area contributed by atoms with Crippen LogP contribution in [0.1, 0.15) is 17.1 Å². The Morgan fingerprint density at radius 2 is 1.89 bits per heavy atom. The molecule has 2 aromatic heterocycles. The van der Waals surface area contributed by atoms with Gasteiger partial charge in [-0.2, -0.15) is 0 Å². The highest BCUT2D eigenvalue weighted by Gasteiger charge is 2.10. The van der Waals surface area contributed by atoms with Crippen LogP contribution in [0.15, 0.2) is 64.3 Å². The monoisotopic (exact) mass is 361 g/mol. The number of fused-ring (bicyclic) bond motifs is 1. The van der Waals surface area contributed by atoms with Gasteiger partial charge in [0.2, 0.25) is 5.89 Å². The molecule has 0 N–H and O–H groups in total. The summed E-state index contributed by atoms with van der Waals surface area (Å²) in [5, 5.41) is 0.569. The highest BCUT2D eigenvalue weighted by molar-refractivity contribution is 5.83. The molecule has 0 fully saturated rings. The quantitative estimate of drug-likeness (QED) is 0.544. The molecular weight excluding hydrogens is 342 g/mol. The highest BCUT2D eigenvalue weighted by atomic mass is 16.5. The predicted molar refractivity (Wildman–Crippen MR) is 102 cm³/mol. The second-order valence-electron chi connectivity index (χ2n) is 6.44. The fourth-order valence-electron chi connectivity index (χ4n) is 2.98. The van der Waals surface area contributed by atoms with Crippen molar-refractivity contribution < 1.29 is 9.15 Å². The zero-order valence-electron chi connectivity index (χ0n) is 15.2. The van der Waals surface area contributed by atoms with E-state index in [1.165, 1.54) is 22.7 Å². The number of aromatic nitrogens is 3. The number of methoxy groups -OCH3 is 1. The second kappa shape index (κ2) is 7.17. The summed E-state index contributed by atoms with van der Waals surface area (Å²) in [5.74, 6) is 0.444. The van der Waals surface area contributed by atoms with Gasteiger partial charge in [0.15, 0.2) is 0 Å². The molecule has 6 nitrogen and oxygen atoms in total. The van der Waals surface area contributed by atoms with E-state index >= 15 is 0 Å². The van der Waals surface area contributed by atoms with Crippen LogP contribution in [-0.4, -0.2) is 21.6 Å². The molecular formula is C21H19N3O3. The lowest BCUT2D eigenvalue weighted by molar-refractivity contribution is 0.181. The number of rotatable bonds is 5. The lowest BCUT2D eigenvalue weighted by Crippen LogP contribution is -2.21. The molecule has 136 valence electrons. The highest BCUT2D eigenvalue weighted by Crippen LogP contribution is 2.22. The zero-order chi connectivity index (χ0) is 18.8. The third kappa shape index (κ3) is 3.52. The van der Waals surface area contributed by atoms with Crippen LogP contribution in [0, 0.1) is 6.92 Å². The molecule has 0 aliphatic carbocycles. The van der Waals surface area contributed by atoms with Crippen molar-refractivity contribution in [1.82, 2.24) is 14.5 Å². The molecule has 0 saturated carbocycles. The van der Waals surface area contributed by atoms with Crippen molar-refractivity contribution in [2.45, 2.75) is 20.1 Å². The van der Waals surface area contributed by atoms with Crippen molar-refractivity contribution in [2.75, 3.05) is 7.11 Å². The van der Waals surface area contributed by atoms with Crippen molar-refractivity contribution in [3.63, 3.8) is 0 Å². The molecule has 27 heavy (non-hydrogen) atoms. The van der Waals surface area contributed by atoms with Crippen molar-refractivity contribution in [2.24, 2.45) is 0 Å². The van der Waals surface area contributed by atoms with E-state index in [4.69, 9.17) is 9.15 Å². The number of hydrogen-bond acceptors (Lipinski definition) is 5. The third-order valence-corrected chi connectivity index (χ3v) is 4.41. The standard InChI is InChI=1S/C21H19N3O3/c1-14-3-5-15(6-4-14)16-7-8-19-18(9-16)21(25)24(13-22-19)10-20-23-17(11-26-2)12-27-20/h3-9,12-13H,10-11H2,1-2H3. The first-order chi connectivity index (χ1) is 13.1. The van der Waals surface area contributed by atoms with E-state index in [9.17, 15) is 4.79 Å². The van der Waals surface area contributed by atoms with Crippen LogP contribution >= 0.6 is 0 Å². The molecule has 0 saturated heterocycles. The smallest absolute Gasteiger partial charge is 0.261 e. The van der Waals surface area contributed by atoms with Crippen LogP contribution in [0.25, 0.3) is 22.0 Å². The summed E-state index contributed by atoms with van der Waals surface area (Å²) in [6.07, 6.45) is 3.06. The maximum atomic E-state index is 12.9. The summed E-state index contributed by atoms with van der Waals surface area (Å²) in [6, 6.07) is 14.0. The predicted octanol–water partition coefficient (Wildman–Crippen LogP) is 3.55. The number of aryl methyl sites for hydroxylation is 1. The van der Waals surface area contributed by atoms with Crippen molar-refractivity contribution >= 4 is 10.9 Å². The Bertz CT molecular complexity index is 1140. The molecule has 0 aliphatic rings. The Morgan fingerprint density at radius 1 is 1.11 bits per heavy atom. The molecule has 0 amide bonds. The Hall–Kier alpha value is -3.25. The number of nitrogens with zero attached hydrogens (tertiary/aromatic N) is 3. The van der Waals surface area contributed by atoms with Gasteiger partial charge < -0.3 is 9.15 Å². The maximum absolute atomic E-state index is 12.9. The fraction of sp³-hybridized carbons (Fsp3) is 0.190. The molecule has 0 radical (unpaired) electrons. The van der Waals surface area contributed by atoms with E-state index < -0.39 is 0 Å². The Balaban J connectivity index is 1.71. The van der Waals surface area contributed by atoms with Crippen molar-refractivity contribution in [1.29, 1.82) is 0 Å². The SMILES string of the molecule is COCc1coc(Cn2cnc3ccc(-c4ccc(C)cc4)cc3c2=O)n1. The molecule has 0 atom stereocenters. The van der Waals surface area contributed by atoms with Gasteiger partial charge in [-0.3, -0.25) is 9.36 Å². The summed E-state index contributed by atoms with van der Waals surface area (Å²) < 4.78 is 11.9. The maximum Gasteiger partial charge on any atom is 0.261 e. The lowest BCUT2D eigenvalue weighted by atomic mass is 10.0. The molecule has 6 heteroatoms.